The van der Waals surface area contributed by atoms with E-state index in [4.69, 9.17) is 0 Å². The maximum atomic E-state index is 4.15. The van der Waals surface area contributed by atoms with Gasteiger partial charge in [0.2, 0.25) is 0 Å². The van der Waals surface area contributed by atoms with Crippen molar-refractivity contribution in [3.63, 3.8) is 0 Å². The Labute approximate surface area is 99.7 Å². The summed E-state index contributed by atoms with van der Waals surface area (Å²) in [6, 6.07) is 8.64. The molecule has 0 aromatic heterocycles. The first-order valence-electron chi connectivity index (χ1n) is 6.09. The largest absolute Gasteiger partial charge is 0.103 e. The van der Waals surface area contributed by atoms with Gasteiger partial charge in [-0.3, -0.25) is 0 Å². The third-order valence-corrected chi connectivity index (χ3v) is 2.85. The maximum Gasteiger partial charge on any atom is -0.0230 e. The summed E-state index contributed by atoms with van der Waals surface area (Å²) in [4.78, 5) is 0. The van der Waals surface area contributed by atoms with Gasteiger partial charge in [0, 0.05) is 0 Å². The van der Waals surface area contributed by atoms with Crippen LogP contribution in [-0.4, -0.2) is 0 Å². The van der Waals surface area contributed by atoms with Gasteiger partial charge in [0.25, 0.3) is 0 Å². The number of benzene rings is 1. The molecular weight excluding hydrogens is 192 g/mol. The van der Waals surface area contributed by atoms with Crippen LogP contribution in [0.15, 0.2) is 43.5 Å². The van der Waals surface area contributed by atoms with E-state index in [0.29, 0.717) is 0 Å². The number of hydrogen-bond acceptors (Lipinski definition) is 0. The van der Waals surface area contributed by atoms with Gasteiger partial charge >= 0.3 is 0 Å². The zero-order chi connectivity index (χ0) is 11.8. The van der Waals surface area contributed by atoms with E-state index in [-0.39, 0.29) is 0 Å². The lowest BCUT2D eigenvalue weighted by Crippen LogP contribution is -1.84. The van der Waals surface area contributed by atoms with Gasteiger partial charge < -0.3 is 0 Å². The fourth-order valence-corrected chi connectivity index (χ4v) is 1.74. The number of unbranched alkanes of at least 4 members (excludes halogenated alkanes) is 3. The monoisotopic (exact) mass is 214 g/mol. The van der Waals surface area contributed by atoms with Crippen LogP contribution in [0.25, 0.3) is 5.57 Å². The van der Waals surface area contributed by atoms with Crippen LogP contribution in [0.2, 0.25) is 0 Å². The first-order chi connectivity index (χ1) is 7.74. The Kier molecular flexibility index (Phi) is 5.63. The number of allylic oxidation sites excluding steroid dienone is 2. The molecule has 0 aliphatic carbocycles. The molecule has 0 nitrogen and oxygen atoms in total. The smallest absolute Gasteiger partial charge is 0.0230 e. The summed E-state index contributed by atoms with van der Waals surface area (Å²) in [5, 5.41) is 0. The van der Waals surface area contributed by atoms with Crippen molar-refractivity contribution in [1.82, 2.24) is 0 Å². The molecule has 0 radical (unpaired) electrons. The molecule has 0 fully saturated rings. The Morgan fingerprint density at radius 2 is 1.81 bits per heavy atom. The summed E-state index contributed by atoms with van der Waals surface area (Å²) in [6.45, 7) is 10.00. The molecule has 0 spiro atoms. The van der Waals surface area contributed by atoms with Crippen molar-refractivity contribution >= 4 is 5.57 Å². The molecule has 0 aliphatic rings. The Morgan fingerprint density at radius 1 is 1.12 bits per heavy atom. The van der Waals surface area contributed by atoms with Crippen molar-refractivity contribution in [2.75, 3.05) is 0 Å². The van der Waals surface area contributed by atoms with Gasteiger partial charge in [-0.2, -0.15) is 0 Å². The van der Waals surface area contributed by atoms with E-state index in [1.54, 1.807) is 0 Å². The number of rotatable bonds is 7. The highest BCUT2D eigenvalue weighted by Crippen LogP contribution is 2.19. The summed E-state index contributed by atoms with van der Waals surface area (Å²) in [7, 11) is 0. The molecule has 0 N–H and O–H groups in total. The Balaban J connectivity index is 2.29. The van der Waals surface area contributed by atoms with E-state index < -0.39 is 0 Å². The lowest BCUT2D eigenvalue weighted by atomic mass is 10.00. The minimum atomic E-state index is 1.11. The van der Waals surface area contributed by atoms with Crippen LogP contribution in [-0.2, 0) is 0 Å². The van der Waals surface area contributed by atoms with Gasteiger partial charge in [-0.05, 0) is 43.7 Å². The Bertz CT molecular complexity index is 330. The molecule has 0 atom stereocenters. The highest BCUT2D eigenvalue weighted by Gasteiger charge is 1.98. The van der Waals surface area contributed by atoms with Gasteiger partial charge in [0.05, 0.1) is 0 Å². The molecule has 0 aliphatic heterocycles. The van der Waals surface area contributed by atoms with Crippen LogP contribution >= 0.6 is 0 Å². The number of aryl methyl sites for hydroxylation is 1. The molecule has 86 valence electrons. The molecular formula is C16H22. The van der Waals surface area contributed by atoms with Crippen LogP contribution in [0.3, 0.4) is 0 Å². The normalized spacial score (nSPS) is 10.1. The minimum Gasteiger partial charge on any atom is -0.103 e. The molecule has 16 heavy (non-hydrogen) atoms. The molecule has 1 aromatic carbocycles. The number of hydrogen-bond donors (Lipinski definition) is 0. The Morgan fingerprint density at radius 3 is 2.44 bits per heavy atom. The van der Waals surface area contributed by atoms with E-state index in [2.05, 4.69) is 44.3 Å². The fraction of sp³-hybridized carbons (Fsp3) is 0.375. The van der Waals surface area contributed by atoms with E-state index in [1.165, 1.54) is 36.0 Å². The Hall–Kier alpha value is -1.30. The van der Waals surface area contributed by atoms with Gasteiger partial charge in [-0.25, -0.2) is 0 Å². The molecule has 1 rings (SSSR count). The molecule has 1 aromatic rings. The molecule has 0 bridgehead atoms. The zero-order valence-corrected chi connectivity index (χ0v) is 10.3. The van der Waals surface area contributed by atoms with Gasteiger partial charge in [-0.15, -0.1) is 6.58 Å². The van der Waals surface area contributed by atoms with Crippen molar-refractivity contribution in [2.24, 2.45) is 0 Å². The molecule has 0 saturated heterocycles. The minimum absolute atomic E-state index is 1.11. The van der Waals surface area contributed by atoms with E-state index in [9.17, 15) is 0 Å². The molecule has 0 unspecified atom stereocenters. The van der Waals surface area contributed by atoms with Crippen LogP contribution in [0, 0.1) is 6.92 Å². The van der Waals surface area contributed by atoms with Gasteiger partial charge in [0.15, 0.2) is 0 Å². The van der Waals surface area contributed by atoms with Gasteiger partial charge in [-0.1, -0.05) is 48.9 Å². The lowest BCUT2D eigenvalue weighted by molar-refractivity contribution is 0.702. The molecule has 0 heteroatoms. The van der Waals surface area contributed by atoms with Crippen LogP contribution in [0.4, 0.5) is 0 Å². The van der Waals surface area contributed by atoms with Crippen LogP contribution in [0.5, 0.6) is 0 Å². The second-order valence-electron chi connectivity index (χ2n) is 4.36. The highest BCUT2D eigenvalue weighted by atomic mass is 14.0. The molecule has 0 amide bonds. The second-order valence-corrected chi connectivity index (χ2v) is 4.36. The summed E-state index contributed by atoms with van der Waals surface area (Å²) in [5.74, 6) is 0. The van der Waals surface area contributed by atoms with Gasteiger partial charge in [0.1, 0.15) is 0 Å². The van der Waals surface area contributed by atoms with Crippen molar-refractivity contribution in [1.29, 1.82) is 0 Å². The summed E-state index contributed by atoms with van der Waals surface area (Å²) >= 11 is 0. The zero-order valence-electron chi connectivity index (χ0n) is 10.3. The SMILES string of the molecule is C=CCCCCCC(=C)c1ccc(C)cc1. The molecule has 0 heterocycles. The predicted molar refractivity (Wildman–Crippen MR) is 73.5 cm³/mol. The van der Waals surface area contributed by atoms with Crippen LogP contribution < -0.4 is 0 Å². The third-order valence-electron chi connectivity index (χ3n) is 2.85. The van der Waals surface area contributed by atoms with Crippen LogP contribution in [0.1, 0.15) is 43.2 Å². The summed E-state index contributed by atoms with van der Waals surface area (Å²) < 4.78 is 0. The average molecular weight is 214 g/mol. The van der Waals surface area contributed by atoms with Crippen molar-refractivity contribution in [3.05, 3.63) is 54.6 Å². The van der Waals surface area contributed by atoms with E-state index in [1.807, 2.05) is 6.08 Å². The molecule has 0 saturated carbocycles. The summed E-state index contributed by atoms with van der Waals surface area (Å²) in [6.07, 6.45) is 8.01. The van der Waals surface area contributed by atoms with Crippen molar-refractivity contribution < 1.29 is 0 Å². The van der Waals surface area contributed by atoms with E-state index in [0.717, 1.165) is 12.8 Å². The topological polar surface area (TPSA) is 0 Å². The third kappa shape index (κ3) is 4.48. The highest BCUT2D eigenvalue weighted by molar-refractivity contribution is 5.63. The summed E-state index contributed by atoms with van der Waals surface area (Å²) in [5.41, 5.74) is 3.86. The first-order valence-corrected chi connectivity index (χ1v) is 6.09. The van der Waals surface area contributed by atoms with Crippen molar-refractivity contribution in [2.45, 2.75) is 39.0 Å². The maximum absolute atomic E-state index is 4.15. The quantitative estimate of drug-likeness (QED) is 0.435. The lowest BCUT2D eigenvalue weighted by Gasteiger charge is -2.06. The van der Waals surface area contributed by atoms with E-state index >= 15 is 0 Å². The predicted octanol–water partition coefficient (Wildman–Crippen LogP) is 5.14. The average Bonchev–Trinajstić information content (AvgIpc) is 2.29. The first kappa shape index (κ1) is 12.8. The fourth-order valence-electron chi connectivity index (χ4n) is 1.74. The van der Waals surface area contributed by atoms with Crippen molar-refractivity contribution in [3.8, 4) is 0 Å². The second kappa shape index (κ2) is 7.05. The standard InChI is InChI=1S/C16H22/c1-4-5-6-7-8-9-15(3)16-12-10-14(2)11-13-16/h4,10-13H,1,3,5-9H2,2H3.